The summed E-state index contributed by atoms with van der Waals surface area (Å²) in [7, 11) is 2.55. The molecule has 0 saturated heterocycles. The van der Waals surface area contributed by atoms with Crippen LogP contribution in [0.15, 0.2) is 47.6 Å². The van der Waals surface area contributed by atoms with Crippen LogP contribution in [0.1, 0.15) is 52.2 Å². The summed E-state index contributed by atoms with van der Waals surface area (Å²) in [6.45, 7) is 10.1. The smallest absolute Gasteiger partial charge is 0.240 e. The fourth-order valence-electron chi connectivity index (χ4n) is 3.96. The highest BCUT2D eigenvalue weighted by molar-refractivity contribution is 7.27. The average Bonchev–Trinajstić information content (AvgIpc) is 2.77. The van der Waals surface area contributed by atoms with Gasteiger partial charge in [-0.25, -0.2) is 9.40 Å². The monoisotopic (exact) mass is 445 g/mol. The molecule has 0 spiro atoms. The predicted molar refractivity (Wildman–Crippen MR) is 128 cm³/mol. The maximum Gasteiger partial charge on any atom is 0.240 e. The third kappa shape index (κ3) is 5.13. The van der Waals surface area contributed by atoms with Crippen molar-refractivity contribution in [3.05, 3.63) is 59.4 Å². The first-order valence-electron chi connectivity index (χ1n) is 10.6. The van der Waals surface area contributed by atoms with Gasteiger partial charge >= 0.3 is 0 Å². The summed E-state index contributed by atoms with van der Waals surface area (Å²) in [5.41, 5.74) is 6.76. The van der Waals surface area contributed by atoms with Crippen LogP contribution in [0.3, 0.4) is 0 Å². The van der Waals surface area contributed by atoms with Crippen molar-refractivity contribution in [2.45, 2.75) is 46.6 Å². The lowest BCUT2D eigenvalue weighted by molar-refractivity contribution is -0.139. The first kappa shape index (κ1) is 25.0. The van der Waals surface area contributed by atoms with Gasteiger partial charge in [0, 0.05) is 24.0 Å². The number of nitrogens with two attached hydrogens (primary N) is 1. The van der Waals surface area contributed by atoms with E-state index >= 15 is 0 Å². The minimum Gasteiger partial charge on any atom is -0.493 e. The molecule has 0 saturated carbocycles. The lowest BCUT2D eigenvalue weighted by atomic mass is 9.75. The van der Waals surface area contributed by atoms with Crippen molar-refractivity contribution in [2.75, 3.05) is 13.2 Å². The first-order chi connectivity index (χ1) is 14.8. The molecular weight excluding hydrogens is 412 g/mol. The van der Waals surface area contributed by atoms with Crippen molar-refractivity contribution in [3.8, 4) is 5.75 Å². The molecule has 5 nitrogen and oxygen atoms in total. The van der Waals surface area contributed by atoms with Gasteiger partial charge in [-0.1, -0.05) is 38.1 Å². The van der Waals surface area contributed by atoms with E-state index in [2.05, 4.69) is 14.3 Å². The Kier molecular flexibility index (Phi) is 8.72. The van der Waals surface area contributed by atoms with E-state index in [4.69, 9.17) is 10.5 Å². The molecule has 2 aromatic rings. The molecule has 0 bridgehead atoms. The lowest BCUT2D eigenvalue weighted by Gasteiger charge is -2.47. The standard InChI is InChI=1S/C22H27FN3O2P.C2H6/c1-14(18-12-17(29)8-9-20(18)23)25-26(15(2)27)22(3)16(10-11-24)13-28-21-7-5-4-6-19(21)22;1-2/h4-9,12,16H,10-11,13,24,29H2,1-3H3;1-2H3/b25-14+;. The zero-order chi connectivity index (χ0) is 23.2. The number of hydrazone groups is 1. The van der Waals surface area contributed by atoms with E-state index < -0.39 is 5.54 Å². The van der Waals surface area contributed by atoms with Crippen LogP contribution in [0, 0.1) is 11.7 Å². The minimum absolute atomic E-state index is 0.0549. The Bertz CT molecular complexity index is 950. The van der Waals surface area contributed by atoms with Gasteiger partial charge in [0.05, 0.1) is 17.9 Å². The average molecular weight is 446 g/mol. The van der Waals surface area contributed by atoms with E-state index in [0.29, 0.717) is 30.8 Å². The number of carbonyl (C=O) groups is 1. The third-order valence-electron chi connectivity index (χ3n) is 5.55. The molecule has 0 aliphatic carbocycles. The summed E-state index contributed by atoms with van der Waals surface area (Å²) in [5.74, 6) is 0.0614. The number of fused-ring (bicyclic) bond motifs is 1. The molecule has 0 radical (unpaired) electrons. The number of ether oxygens (including phenoxy) is 1. The van der Waals surface area contributed by atoms with Crippen LogP contribution in [-0.4, -0.2) is 29.8 Å². The number of para-hydroxylation sites is 1. The Morgan fingerprint density at radius 1 is 1.29 bits per heavy atom. The maximum atomic E-state index is 14.4. The topological polar surface area (TPSA) is 67.9 Å². The summed E-state index contributed by atoms with van der Waals surface area (Å²) in [6.07, 6.45) is 0.665. The maximum absolute atomic E-state index is 14.4. The molecule has 31 heavy (non-hydrogen) atoms. The van der Waals surface area contributed by atoms with Crippen LogP contribution in [0.4, 0.5) is 4.39 Å². The zero-order valence-corrected chi connectivity index (χ0v) is 20.1. The molecule has 2 aromatic carbocycles. The SMILES string of the molecule is CC.CC(=O)N(/N=C(\C)c1cc(P)ccc1F)C1(C)c2ccccc2OCC1CCN. The van der Waals surface area contributed by atoms with Crippen molar-refractivity contribution < 1.29 is 13.9 Å². The number of carbonyl (C=O) groups excluding carboxylic acids is 1. The van der Waals surface area contributed by atoms with Crippen molar-refractivity contribution in [3.63, 3.8) is 0 Å². The molecule has 7 heteroatoms. The van der Waals surface area contributed by atoms with Crippen LogP contribution in [0.25, 0.3) is 0 Å². The lowest BCUT2D eigenvalue weighted by Crippen LogP contribution is -2.53. The van der Waals surface area contributed by atoms with Crippen molar-refractivity contribution in [2.24, 2.45) is 16.8 Å². The Morgan fingerprint density at radius 2 is 1.97 bits per heavy atom. The first-order valence-corrected chi connectivity index (χ1v) is 11.2. The van der Waals surface area contributed by atoms with Crippen molar-refractivity contribution >= 4 is 26.2 Å². The predicted octanol–water partition coefficient (Wildman–Crippen LogP) is 4.20. The normalized spacial score (nSPS) is 20.1. The summed E-state index contributed by atoms with van der Waals surface area (Å²) in [5, 5.41) is 6.94. The second-order valence-corrected chi connectivity index (χ2v) is 8.15. The second-order valence-electron chi connectivity index (χ2n) is 7.48. The van der Waals surface area contributed by atoms with Crippen molar-refractivity contribution in [1.29, 1.82) is 0 Å². The molecule has 1 heterocycles. The summed E-state index contributed by atoms with van der Waals surface area (Å²) >= 11 is 0. The van der Waals surface area contributed by atoms with E-state index in [9.17, 15) is 9.18 Å². The highest BCUT2D eigenvalue weighted by Gasteiger charge is 2.47. The number of rotatable bonds is 5. The van der Waals surface area contributed by atoms with Gasteiger partial charge in [0.2, 0.25) is 5.91 Å². The number of amides is 1. The van der Waals surface area contributed by atoms with Gasteiger partial charge in [-0.2, -0.15) is 5.10 Å². The number of halogens is 1. The van der Waals surface area contributed by atoms with Gasteiger partial charge in [-0.3, -0.25) is 4.79 Å². The van der Waals surface area contributed by atoms with Crippen LogP contribution in [-0.2, 0) is 10.3 Å². The van der Waals surface area contributed by atoms with Gasteiger partial charge in [0.25, 0.3) is 0 Å². The molecular formula is C24H33FN3O2P. The molecule has 1 aliphatic rings. The Hall–Kier alpha value is -2.30. The highest BCUT2D eigenvalue weighted by atomic mass is 31.0. The molecule has 1 amide bonds. The minimum atomic E-state index is -0.768. The number of benzene rings is 2. The van der Waals surface area contributed by atoms with E-state index in [1.807, 2.05) is 45.0 Å². The van der Waals surface area contributed by atoms with E-state index in [1.165, 1.54) is 18.0 Å². The number of nitrogens with zero attached hydrogens (tertiary/aromatic N) is 2. The van der Waals surface area contributed by atoms with Gasteiger partial charge in [-0.15, -0.1) is 9.24 Å². The molecule has 0 fully saturated rings. The molecule has 2 N–H and O–H groups in total. The molecule has 3 unspecified atom stereocenters. The molecule has 0 aromatic heterocycles. The molecule has 168 valence electrons. The van der Waals surface area contributed by atoms with Crippen LogP contribution in [0.2, 0.25) is 0 Å². The number of hydrogen-bond acceptors (Lipinski definition) is 4. The largest absolute Gasteiger partial charge is 0.493 e. The number of hydrogen-bond donors (Lipinski definition) is 1. The third-order valence-corrected chi connectivity index (χ3v) is 5.91. The summed E-state index contributed by atoms with van der Waals surface area (Å²) in [6, 6.07) is 12.4. The fourth-order valence-corrected chi connectivity index (χ4v) is 4.22. The van der Waals surface area contributed by atoms with Crippen LogP contribution >= 0.6 is 9.24 Å². The van der Waals surface area contributed by atoms with E-state index in [-0.39, 0.29) is 17.6 Å². The fraction of sp³-hybridized carbons (Fsp3) is 0.417. The molecule has 3 rings (SSSR count). The van der Waals surface area contributed by atoms with Crippen LogP contribution < -0.4 is 15.8 Å². The quantitative estimate of drug-likeness (QED) is 0.426. The molecule has 1 aliphatic heterocycles. The Balaban J connectivity index is 0.00000166. The van der Waals surface area contributed by atoms with Gasteiger partial charge in [-0.05, 0) is 50.3 Å². The van der Waals surface area contributed by atoms with Crippen LogP contribution in [0.5, 0.6) is 5.75 Å². The van der Waals surface area contributed by atoms with Gasteiger partial charge in [0.1, 0.15) is 11.6 Å². The summed E-state index contributed by atoms with van der Waals surface area (Å²) in [4.78, 5) is 12.8. The Morgan fingerprint density at radius 3 is 2.61 bits per heavy atom. The Labute approximate surface area is 187 Å². The highest BCUT2D eigenvalue weighted by Crippen LogP contribution is 2.46. The zero-order valence-electron chi connectivity index (χ0n) is 19.0. The summed E-state index contributed by atoms with van der Waals surface area (Å²) < 4.78 is 20.3. The second kappa shape index (κ2) is 10.8. The van der Waals surface area contributed by atoms with E-state index in [0.717, 1.165) is 16.6 Å². The van der Waals surface area contributed by atoms with Gasteiger partial charge < -0.3 is 10.5 Å². The van der Waals surface area contributed by atoms with Crippen molar-refractivity contribution in [1.82, 2.24) is 5.01 Å². The molecule has 3 atom stereocenters. The van der Waals surface area contributed by atoms with E-state index in [1.54, 1.807) is 19.1 Å². The van der Waals surface area contributed by atoms with Gasteiger partial charge in [0.15, 0.2) is 0 Å².